The summed E-state index contributed by atoms with van der Waals surface area (Å²) in [6.07, 6.45) is 1.29. The maximum atomic E-state index is 11.0. The van der Waals surface area contributed by atoms with Gasteiger partial charge in [-0.15, -0.1) is 0 Å². The second-order valence-electron chi connectivity index (χ2n) is 3.51. The molecular formula is C10H10N2O3. The van der Waals surface area contributed by atoms with E-state index in [4.69, 9.17) is 0 Å². The van der Waals surface area contributed by atoms with Crippen molar-refractivity contribution in [2.24, 2.45) is 0 Å². The predicted molar refractivity (Wildman–Crippen MR) is 53.2 cm³/mol. The molecule has 1 heterocycles. The number of amides is 1. The average Bonchev–Trinajstić information content (AvgIpc) is 2.65. The minimum absolute atomic E-state index is 0.0123. The fourth-order valence-electron chi connectivity index (χ4n) is 1.69. The molecule has 1 aliphatic heterocycles. The third-order valence-electron chi connectivity index (χ3n) is 2.50. The third kappa shape index (κ3) is 1.96. The summed E-state index contributed by atoms with van der Waals surface area (Å²) in [5, 5.41) is 13.2. The molecule has 1 N–H and O–H groups in total. The summed E-state index contributed by atoms with van der Waals surface area (Å²) in [6.45, 7) is 0. The molecule has 1 aromatic rings. The van der Waals surface area contributed by atoms with Crippen molar-refractivity contribution < 1.29 is 9.72 Å². The van der Waals surface area contributed by atoms with Crippen molar-refractivity contribution in [3.63, 3.8) is 0 Å². The smallest absolute Gasteiger partial charge is 0.269 e. The van der Waals surface area contributed by atoms with Gasteiger partial charge in [-0.05, 0) is 12.0 Å². The van der Waals surface area contributed by atoms with Gasteiger partial charge in [0.1, 0.15) is 0 Å². The van der Waals surface area contributed by atoms with Crippen LogP contribution in [0.5, 0.6) is 0 Å². The number of nitrogens with zero attached hydrogens (tertiary/aromatic N) is 1. The van der Waals surface area contributed by atoms with Crippen LogP contribution in [0.25, 0.3) is 0 Å². The van der Waals surface area contributed by atoms with E-state index in [1.54, 1.807) is 12.1 Å². The van der Waals surface area contributed by atoms with Crippen molar-refractivity contribution in [3.8, 4) is 0 Å². The fraction of sp³-hybridized carbons (Fsp3) is 0.300. The molecular weight excluding hydrogens is 196 g/mol. The van der Waals surface area contributed by atoms with Crippen LogP contribution in [0.15, 0.2) is 24.3 Å². The quantitative estimate of drug-likeness (QED) is 0.589. The normalized spacial score (nSPS) is 20.0. The van der Waals surface area contributed by atoms with Crippen molar-refractivity contribution in [2.45, 2.75) is 18.9 Å². The first-order valence-corrected chi connectivity index (χ1v) is 4.70. The monoisotopic (exact) mass is 206 g/mol. The number of non-ortho nitro benzene ring substituents is 1. The fourth-order valence-corrected chi connectivity index (χ4v) is 1.69. The number of carbonyl (C=O) groups excluding carboxylic acids is 1. The zero-order valence-corrected chi connectivity index (χ0v) is 7.97. The SMILES string of the molecule is O=C1CC[C@@H](c2ccc([N+](=O)[O-])cc2)N1. The Bertz CT molecular complexity index is 400. The van der Waals surface area contributed by atoms with E-state index in [9.17, 15) is 14.9 Å². The van der Waals surface area contributed by atoms with Crippen LogP contribution in [0.1, 0.15) is 24.4 Å². The molecule has 2 rings (SSSR count). The Morgan fingerprint density at radius 2 is 2.00 bits per heavy atom. The molecule has 0 saturated carbocycles. The number of nitro benzene ring substituents is 1. The van der Waals surface area contributed by atoms with Gasteiger partial charge in [0.15, 0.2) is 0 Å². The molecule has 0 aliphatic carbocycles. The summed E-state index contributed by atoms with van der Waals surface area (Å²) in [5.74, 6) is 0.0401. The highest BCUT2D eigenvalue weighted by Gasteiger charge is 2.22. The number of nitro groups is 1. The van der Waals surface area contributed by atoms with Gasteiger partial charge in [-0.3, -0.25) is 14.9 Å². The molecule has 0 aromatic heterocycles. The summed E-state index contributed by atoms with van der Waals surface area (Å²) in [6, 6.07) is 6.31. The minimum Gasteiger partial charge on any atom is -0.349 e. The Labute approximate surface area is 86.2 Å². The Balaban J connectivity index is 2.17. The van der Waals surface area contributed by atoms with Gasteiger partial charge in [-0.25, -0.2) is 0 Å². The van der Waals surface area contributed by atoms with Gasteiger partial charge in [-0.1, -0.05) is 12.1 Å². The molecule has 1 aliphatic rings. The van der Waals surface area contributed by atoms with E-state index < -0.39 is 4.92 Å². The molecule has 1 atom stereocenters. The molecule has 0 bridgehead atoms. The van der Waals surface area contributed by atoms with Crippen LogP contribution in [0.3, 0.4) is 0 Å². The summed E-state index contributed by atoms with van der Waals surface area (Å²) < 4.78 is 0. The molecule has 78 valence electrons. The van der Waals surface area contributed by atoms with E-state index in [-0.39, 0.29) is 17.6 Å². The summed E-state index contributed by atoms with van der Waals surface area (Å²) in [4.78, 5) is 21.0. The van der Waals surface area contributed by atoms with Crippen LogP contribution in [-0.2, 0) is 4.79 Å². The number of benzene rings is 1. The van der Waals surface area contributed by atoms with Crippen LogP contribution in [0, 0.1) is 10.1 Å². The van der Waals surface area contributed by atoms with Crippen molar-refractivity contribution in [1.29, 1.82) is 0 Å². The van der Waals surface area contributed by atoms with E-state index in [2.05, 4.69) is 5.32 Å². The number of hydrogen-bond donors (Lipinski definition) is 1. The van der Waals surface area contributed by atoms with Crippen molar-refractivity contribution in [1.82, 2.24) is 5.32 Å². The van der Waals surface area contributed by atoms with Gasteiger partial charge >= 0.3 is 0 Å². The van der Waals surface area contributed by atoms with Crippen molar-refractivity contribution in [2.75, 3.05) is 0 Å². The molecule has 0 radical (unpaired) electrons. The molecule has 5 heteroatoms. The van der Waals surface area contributed by atoms with Gasteiger partial charge < -0.3 is 5.32 Å². The molecule has 0 spiro atoms. The maximum absolute atomic E-state index is 11.0. The lowest BCUT2D eigenvalue weighted by molar-refractivity contribution is -0.384. The lowest BCUT2D eigenvalue weighted by atomic mass is 10.1. The lowest BCUT2D eigenvalue weighted by Gasteiger charge is -2.09. The van der Waals surface area contributed by atoms with Crippen LogP contribution in [-0.4, -0.2) is 10.8 Å². The van der Waals surface area contributed by atoms with Gasteiger partial charge in [0.05, 0.1) is 11.0 Å². The third-order valence-corrected chi connectivity index (χ3v) is 2.50. The number of nitrogens with one attached hydrogen (secondary N) is 1. The zero-order valence-electron chi connectivity index (χ0n) is 7.97. The first kappa shape index (κ1) is 9.64. The molecule has 1 aromatic carbocycles. The first-order valence-electron chi connectivity index (χ1n) is 4.70. The topological polar surface area (TPSA) is 72.2 Å². The molecule has 1 saturated heterocycles. The Morgan fingerprint density at radius 1 is 1.33 bits per heavy atom. The molecule has 1 amide bonds. The maximum Gasteiger partial charge on any atom is 0.269 e. The molecule has 0 unspecified atom stereocenters. The van der Waals surface area contributed by atoms with Crippen molar-refractivity contribution >= 4 is 11.6 Å². The minimum atomic E-state index is -0.434. The second-order valence-corrected chi connectivity index (χ2v) is 3.51. The van der Waals surface area contributed by atoms with Gasteiger partial charge in [0.2, 0.25) is 5.91 Å². The number of hydrogen-bond acceptors (Lipinski definition) is 3. The van der Waals surface area contributed by atoms with Crippen LogP contribution in [0.4, 0.5) is 5.69 Å². The highest BCUT2D eigenvalue weighted by atomic mass is 16.6. The van der Waals surface area contributed by atoms with E-state index >= 15 is 0 Å². The molecule has 5 nitrogen and oxygen atoms in total. The Kier molecular flexibility index (Phi) is 2.37. The second kappa shape index (κ2) is 3.68. The summed E-state index contributed by atoms with van der Waals surface area (Å²) >= 11 is 0. The molecule has 1 fully saturated rings. The highest BCUT2D eigenvalue weighted by Crippen LogP contribution is 2.25. The summed E-state index contributed by atoms with van der Waals surface area (Å²) in [7, 11) is 0. The van der Waals surface area contributed by atoms with E-state index in [0.29, 0.717) is 6.42 Å². The van der Waals surface area contributed by atoms with Gasteiger partial charge in [-0.2, -0.15) is 0 Å². The lowest BCUT2D eigenvalue weighted by Crippen LogP contribution is -2.18. The Morgan fingerprint density at radius 3 is 2.47 bits per heavy atom. The van der Waals surface area contributed by atoms with E-state index in [1.807, 2.05) is 0 Å². The highest BCUT2D eigenvalue weighted by molar-refractivity contribution is 5.78. The van der Waals surface area contributed by atoms with E-state index in [0.717, 1.165) is 12.0 Å². The standard InChI is InChI=1S/C10H10N2O3/c13-10-6-5-9(11-10)7-1-3-8(4-2-7)12(14)15/h1-4,9H,5-6H2,(H,11,13)/t9-/m0/s1. The average molecular weight is 206 g/mol. The molecule has 15 heavy (non-hydrogen) atoms. The van der Waals surface area contributed by atoms with Gasteiger partial charge in [0, 0.05) is 18.6 Å². The first-order chi connectivity index (χ1) is 7.16. The predicted octanol–water partition coefficient (Wildman–Crippen LogP) is 1.55. The van der Waals surface area contributed by atoms with Crippen molar-refractivity contribution in [3.05, 3.63) is 39.9 Å². The van der Waals surface area contributed by atoms with E-state index in [1.165, 1.54) is 12.1 Å². The Hall–Kier alpha value is -1.91. The largest absolute Gasteiger partial charge is 0.349 e. The zero-order chi connectivity index (χ0) is 10.8. The number of rotatable bonds is 2. The number of carbonyl (C=O) groups is 1. The summed E-state index contributed by atoms with van der Waals surface area (Å²) in [5.41, 5.74) is 0.995. The van der Waals surface area contributed by atoms with Crippen LogP contribution < -0.4 is 5.32 Å². The van der Waals surface area contributed by atoms with Crippen LogP contribution >= 0.6 is 0 Å². The van der Waals surface area contributed by atoms with Gasteiger partial charge in [0.25, 0.3) is 5.69 Å². The van der Waals surface area contributed by atoms with Crippen LogP contribution in [0.2, 0.25) is 0 Å².